The van der Waals surface area contributed by atoms with Crippen LogP contribution in [0.15, 0.2) is 61.5 Å². The number of carbonyl (C=O) groups excluding carboxylic acids is 1. The van der Waals surface area contributed by atoms with Gasteiger partial charge in [0.15, 0.2) is 0 Å². The van der Waals surface area contributed by atoms with Crippen LogP contribution in [0.5, 0.6) is 5.75 Å². The molecule has 0 unspecified atom stereocenters. The van der Waals surface area contributed by atoms with E-state index in [2.05, 4.69) is 22.4 Å². The number of ether oxygens (including phenoxy) is 2. The number of aromatic nitrogens is 2. The molecule has 0 N–H and O–H groups in total. The van der Waals surface area contributed by atoms with Gasteiger partial charge < -0.3 is 14.4 Å². The maximum absolute atomic E-state index is 11.4. The summed E-state index contributed by atoms with van der Waals surface area (Å²) in [6.07, 6.45) is 10.7. The first-order valence-corrected chi connectivity index (χ1v) is 11.1. The second kappa shape index (κ2) is 11.5. The number of hydrogen-bond acceptors (Lipinski definition) is 6. The van der Waals surface area contributed by atoms with Gasteiger partial charge in [0, 0.05) is 60.0 Å². The predicted molar refractivity (Wildman–Crippen MR) is 138 cm³/mol. The van der Waals surface area contributed by atoms with Crippen molar-refractivity contribution in [1.29, 1.82) is 0 Å². The van der Waals surface area contributed by atoms with Gasteiger partial charge in [-0.25, -0.2) is 4.98 Å². The maximum Gasteiger partial charge on any atom is 0.309 e. The van der Waals surface area contributed by atoms with Gasteiger partial charge in [-0.3, -0.25) is 9.78 Å². The normalized spacial score (nSPS) is 11.6. The number of halogens is 1. The van der Waals surface area contributed by atoms with Crippen LogP contribution in [0.1, 0.15) is 28.8 Å². The number of rotatable bonds is 9. The van der Waals surface area contributed by atoms with Crippen molar-refractivity contribution in [3.05, 3.63) is 88.9 Å². The van der Waals surface area contributed by atoms with Crippen molar-refractivity contribution in [3.63, 3.8) is 0 Å². The fourth-order valence-corrected chi connectivity index (χ4v) is 3.78. The minimum atomic E-state index is -0.320. The molecule has 0 aliphatic rings. The lowest BCUT2D eigenvalue weighted by atomic mass is 10.0. The zero-order chi connectivity index (χ0) is 24.7. The number of pyridine rings is 2. The van der Waals surface area contributed by atoms with Gasteiger partial charge in [0.2, 0.25) is 0 Å². The number of benzene rings is 1. The Kier molecular flexibility index (Phi) is 8.44. The lowest BCUT2D eigenvalue weighted by Crippen LogP contribution is -2.11. The van der Waals surface area contributed by atoms with E-state index in [0.29, 0.717) is 10.8 Å². The van der Waals surface area contributed by atoms with Crippen molar-refractivity contribution in [2.45, 2.75) is 20.0 Å². The Morgan fingerprint density at radius 2 is 2.06 bits per heavy atom. The van der Waals surface area contributed by atoms with Crippen LogP contribution >= 0.6 is 11.6 Å². The molecule has 0 saturated heterocycles. The van der Waals surface area contributed by atoms with Crippen LogP contribution in [0.2, 0.25) is 5.02 Å². The van der Waals surface area contributed by atoms with E-state index in [-0.39, 0.29) is 19.0 Å². The number of esters is 1. The SMILES string of the molecule is C=C/C=C(/c1cc(C)nc2c(OCc3c(Cl)cncc3/C=C/CC(=O)OC)cccc12)N(C)C. The Labute approximate surface area is 205 Å². The molecule has 2 aromatic heterocycles. The smallest absolute Gasteiger partial charge is 0.309 e. The summed E-state index contributed by atoms with van der Waals surface area (Å²) in [6, 6.07) is 7.94. The zero-order valence-corrected chi connectivity index (χ0v) is 20.6. The Balaban J connectivity index is 1.98. The van der Waals surface area contributed by atoms with Gasteiger partial charge in [-0.15, -0.1) is 0 Å². The number of methoxy groups -OCH3 is 1. The van der Waals surface area contributed by atoms with Gasteiger partial charge in [-0.2, -0.15) is 0 Å². The van der Waals surface area contributed by atoms with E-state index in [0.717, 1.165) is 39.0 Å². The van der Waals surface area contributed by atoms with Gasteiger partial charge in [0.05, 0.1) is 18.6 Å². The van der Waals surface area contributed by atoms with E-state index in [1.165, 1.54) is 7.11 Å². The van der Waals surface area contributed by atoms with Crippen molar-refractivity contribution in [1.82, 2.24) is 14.9 Å². The molecule has 3 rings (SSSR count). The van der Waals surface area contributed by atoms with Crippen LogP contribution in [-0.4, -0.2) is 42.0 Å². The van der Waals surface area contributed by atoms with E-state index >= 15 is 0 Å². The van der Waals surface area contributed by atoms with Crippen LogP contribution in [-0.2, 0) is 16.1 Å². The van der Waals surface area contributed by atoms with Gasteiger partial charge >= 0.3 is 5.97 Å². The van der Waals surface area contributed by atoms with Gasteiger partial charge in [0.1, 0.15) is 17.9 Å². The number of hydrogen-bond donors (Lipinski definition) is 0. The number of aryl methyl sites for hydroxylation is 1. The molecule has 0 spiro atoms. The standard InChI is InChI=1S/C27H28ClN3O3/c1-6-9-24(31(3)4)21-14-18(2)30-27-20(21)11-8-12-25(27)34-17-22-19(15-29-16-23(22)28)10-7-13-26(32)33-5/h6-12,14-16H,1,13,17H2,2-5H3/b10-7+,24-9-. The largest absolute Gasteiger partial charge is 0.487 e. The highest BCUT2D eigenvalue weighted by atomic mass is 35.5. The first kappa shape index (κ1) is 25.0. The zero-order valence-electron chi connectivity index (χ0n) is 19.8. The Bertz CT molecular complexity index is 1270. The first-order valence-electron chi connectivity index (χ1n) is 10.7. The fraction of sp³-hybridized carbons (Fsp3) is 0.222. The van der Waals surface area contributed by atoms with Crippen molar-refractivity contribution in [2.75, 3.05) is 21.2 Å². The molecule has 0 amide bonds. The summed E-state index contributed by atoms with van der Waals surface area (Å²) in [5.74, 6) is 0.330. The fourth-order valence-electron chi connectivity index (χ4n) is 3.56. The molecule has 6 nitrogen and oxygen atoms in total. The number of allylic oxidation sites excluding steroid dienone is 2. The minimum Gasteiger partial charge on any atom is -0.487 e. The average Bonchev–Trinajstić information content (AvgIpc) is 2.81. The second-order valence-electron chi connectivity index (χ2n) is 7.81. The molecular weight excluding hydrogens is 450 g/mol. The number of carbonyl (C=O) groups is 1. The van der Waals surface area contributed by atoms with Gasteiger partial charge in [-0.05, 0) is 25.1 Å². The highest BCUT2D eigenvalue weighted by molar-refractivity contribution is 6.31. The number of para-hydroxylation sites is 1. The quantitative estimate of drug-likeness (QED) is 0.285. The summed E-state index contributed by atoms with van der Waals surface area (Å²) in [5, 5.41) is 1.46. The topological polar surface area (TPSA) is 64.5 Å². The van der Waals surface area contributed by atoms with Gasteiger partial charge in [0.25, 0.3) is 0 Å². The molecule has 0 aliphatic carbocycles. The summed E-state index contributed by atoms with van der Waals surface area (Å²) in [4.78, 5) is 22.4. The molecule has 176 valence electrons. The third-order valence-electron chi connectivity index (χ3n) is 5.18. The van der Waals surface area contributed by atoms with E-state index < -0.39 is 0 Å². The summed E-state index contributed by atoms with van der Waals surface area (Å²) in [7, 11) is 5.35. The van der Waals surface area contributed by atoms with Crippen LogP contribution in [0, 0.1) is 6.92 Å². The molecule has 0 aliphatic heterocycles. The van der Waals surface area contributed by atoms with Crippen molar-refractivity contribution >= 4 is 40.2 Å². The molecule has 2 heterocycles. The summed E-state index contributed by atoms with van der Waals surface area (Å²) in [5.41, 5.74) is 5.25. The Morgan fingerprint density at radius 3 is 2.76 bits per heavy atom. The molecule has 7 heteroatoms. The van der Waals surface area contributed by atoms with E-state index in [1.807, 2.05) is 50.2 Å². The van der Waals surface area contributed by atoms with Crippen LogP contribution in [0.4, 0.5) is 0 Å². The second-order valence-corrected chi connectivity index (χ2v) is 8.21. The van der Waals surface area contributed by atoms with E-state index in [1.54, 1.807) is 30.6 Å². The molecule has 1 aromatic carbocycles. The summed E-state index contributed by atoms with van der Waals surface area (Å²) >= 11 is 6.44. The average molecular weight is 478 g/mol. The van der Waals surface area contributed by atoms with Crippen LogP contribution in [0.3, 0.4) is 0 Å². The summed E-state index contributed by atoms with van der Waals surface area (Å²) < 4.78 is 10.9. The van der Waals surface area contributed by atoms with Crippen molar-refractivity contribution < 1.29 is 14.3 Å². The molecular formula is C27H28ClN3O3. The molecule has 0 fully saturated rings. The monoisotopic (exact) mass is 477 g/mol. The molecule has 0 atom stereocenters. The van der Waals surface area contributed by atoms with Crippen LogP contribution < -0.4 is 4.74 Å². The van der Waals surface area contributed by atoms with Crippen molar-refractivity contribution in [2.24, 2.45) is 0 Å². The predicted octanol–water partition coefficient (Wildman–Crippen LogP) is 5.84. The number of fused-ring (bicyclic) bond motifs is 1. The highest BCUT2D eigenvalue weighted by Crippen LogP contribution is 2.32. The molecule has 3 aromatic rings. The van der Waals surface area contributed by atoms with Gasteiger partial charge in [-0.1, -0.05) is 48.5 Å². The third-order valence-corrected chi connectivity index (χ3v) is 5.51. The molecule has 0 bridgehead atoms. The molecule has 0 radical (unpaired) electrons. The molecule has 34 heavy (non-hydrogen) atoms. The molecule has 0 saturated carbocycles. The van der Waals surface area contributed by atoms with E-state index in [4.69, 9.17) is 21.3 Å². The highest BCUT2D eigenvalue weighted by Gasteiger charge is 2.15. The Morgan fingerprint density at radius 1 is 1.26 bits per heavy atom. The number of nitrogens with zero attached hydrogens (tertiary/aromatic N) is 3. The van der Waals surface area contributed by atoms with E-state index in [9.17, 15) is 4.79 Å². The summed E-state index contributed by atoms with van der Waals surface area (Å²) in [6.45, 7) is 6.03. The van der Waals surface area contributed by atoms with Crippen LogP contribution in [0.25, 0.3) is 22.7 Å². The third kappa shape index (κ3) is 5.83. The van der Waals surface area contributed by atoms with Crippen molar-refractivity contribution in [3.8, 4) is 5.75 Å². The first-order chi connectivity index (χ1) is 16.3. The maximum atomic E-state index is 11.4. The lowest BCUT2D eigenvalue weighted by molar-refractivity contribution is -0.139. The minimum absolute atomic E-state index is 0.158. The lowest BCUT2D eigenvalue weighted by Gasteiger charge is -2.20. The Hall–Kier alpha value is -3.64.